The molecule has 2 aliphatic rings. The minimum atomic E-state index is -0.885. The van der Waals surface area contributed by atoms with E-state index >= 15 is 0 Å². The molecule has 1 N–H and O–H groups in total. The Bertz CT molecular complexity index is 1710. The van der Waals surface area contributed by atoms with Crippen molar-refractivity contribution in [3.05, 3.63) is 82.9 Å². The average Bonchev–Trinajstić information content (AvgIpc) is 3.67. The van der Waals surface area contributed by atoms with Crippen LogP contribution in [0, 0.1) is 0 Å². The number of unbranched alkanes of at least 4 members (excludes halogenated alkanes) is 2. The van der Waals surface area contributed by atoms with Gasteiger partial charge in [-0.3, -0.25) is 14.5 Å². The summed E-state index contributed by atoms with van der Waals surface area (Å²) in [6.45, 7) is 7.18. The van der Waals surface area contributed by atoms with Gasteiger partial charge in [0.05, 0.1) is 35.0 Å². The molecule has 43 heavy (non-hydrogen) atoms. The molecule has 0 saturated carbocycles. The highest BCUT2D eigenvalue weighted by atomic mass is 32.1. The van der Waals surface area contributed by atoms with Crippen LogP contribution in [0.25, 0.3) is 16.0 Å². The molecular weight excluding hydrogens is 564 g/mol. The number of aliphatic hydroxyl groups is 1. The quantitative estimate of drug-likeness (QED) is 0.0891. The highest BCUT2D eigenvalue weighted by Gasteiger charge is 2.48. The molecule has 2 aliphatic heterocycles. The zero-order chi connectivity index (χ0) is 30.1. The van der Waals surface area contributed by atoms with Gasteiger partial charge in [0, 0.05) is 12.0 Å². The standard InChI is InChI=1S/C34H34N2O6S/c1-4-6-7-16-41-24-11-8-21(9-12-24)30-29(31(37)22-10-15-27-23(18-22)17-20(3)42-27)32(38)33(39)36(30)34-35-26-14-13-25(40-5-2)19-28(26)43-34/h8-15,18-20,30,37H,4-7,16-17H2,1-3H3/b31-29+/t20-,30-/m0/s1. The Balaban J connectivity index is 1.43. The van der Waals surface area contributed by atoms with Gasteiger partial charge < -0.3 is 19.3 Å². The van der Waals surface area contributed by atoms with E-state index in [2.05, 4.69) is 6.92 Å². The fourth-order valence-electron chi connectivity index (χ4n) is 5.61. The van der Waals surface area contributed by atoms with Crippen LogP contribution < -0.4 is 19.1 Å². The number of carbonyl (C=O) groups is 2. The Kier molecular flexibility index (Phi) is 8.08. The maximum absolute atomic E-state index is 13.7. The summed E-state index contributed by atoms with van der Waals surface area (Å²) >= 11 is 1.30. The molecule has 0 spiro atoms. The number of aromatic nitrogens is 1. The maximum Gasteiger partial charge on any atom is 0.301 e. The second kappa shape index (κ2) is 12.1. The van der Waals surface area contributed by atoms with Crippen molar-refractivity contribution in [3.63, 3.8) is 0 Å². The van der Waals surface area contributed by atoms with Crippen LogP contribution in [0.3, 0.4) is 0 Å². The fourth-order valence-corrected chi connectivity index (χ4v) is 6.63. The third-order valence-electron chi connectivity index (χ3n) is 7.69. The Morgan fingerprint density at radius 2 is 1.81 bits per heavy atom. The van der Waals surface area contributed by atoms with Gasteiger partial charge >= 0.3 is 5.91 Å². The zero-order valence-corrected chi connectivity index (χ0v) is 25.3. The summed E-state index contributed by atoms with van der Waals surface area (Å²) < 4.78 is 18.2. The summed E-state index contributed by atoms with van der Waals surface area (Å²) in [6, 6.07) is 17.4. The number of ketones is 1. The highest BCUT2D eigenvalue weighted by Crippen LogP contribution is 2.45. The summed E-state index contributed by atoms with van der Waals surface area (Å²) in [4.78, 5) is 33.5. The van der Waals surface area contributed by atoms with Crippen LogP contribution in [0.2, 0.25) is 0 Å². The van der Waals surface area contributed by atoms with Crippen molar-refractivity contribution >= 4 is 44.1 Å². The molecule has 222 valence electrons. The largest absolute Gasteiger partial charge is 0.507 e. The lowest BCUT2D eigenvalue weighted by Crippen LogP contribution is -2.29. The van der Waals surface area contributed by atoms with Gasteiger partial charge in [-0.05, 0) is 79.9 Å². The van der Waals surface area contributed by atoms with Crippen molar-refractivity contribution in [2.75, 3.05) is 18.1 Å². The fraction of sp³-hybridized carbons (Fsp3) is 0.324. The van der Waals surface area contributed by atoms with Gasteiger partial charge in [0.1, 0.15) is 29.1 Å². The third kappa shape index (κ3) is 5.57. The van der Waals surface area contributed by atoms with Gasteiger partial charge in [0.25, 0.3) is 5.78 Å². The molecule has 1 aromatic heterocycles. The van der Waals surface area contributed by atoms with Gasteiger partial charge in [-0.25, -0.2) is 4.98 Å². The smallest absolute Gasteiger partial charge is 0.301 e. The van der Waals surface area contributed by atoms with Crippen LogP contribution in [0.1, 0.15) is 62.8 Å². The highest BCUT2D eigenvalue weighted by molar-refractivity contribution is 7.22. The number of anilines is 1. The van der Waals surface area contributed by atoms with Crippen molar-refractivity contribution in [2.24, 2.45) is 0 Å². The monoisotopic (exact) mass is 598 g/mol. The molecule has 1 fully saturated rings. The van der Waals surface area contributed by atoms with E-state index in [1.54, 1.807) is 12.1 Å². The Hall–Kier alpha value is -4.37. The third-order valence-corrected chi connectivity index (χ3v) is 8.71. The van der Waals surface area contributed by atoms with Crippen molar-refractivity contribution in [3.8, 4) is 17.2 Å². The number of aliphatic hydroxyl groups excluding tert-OH is 1. The number of nitrogens with zero attached hydrogens (tertiary/aromatic N) is 2. The Morgan fingerprint density at radius 3 is 2.58 bits per heavy atom. The van der Waals surface area contributed by atoms with Gasteiger partial charge in [-0.1, -0.05) is 43.2 Å². The molecule has 1 amide bonds. The number of rotatable bonds is 10. The van der Waals surface area contributed by atoms with E-state index < -0.39 is 17.7 Å². The topological polar surface area (TPSA) is 98.2 Å². The van der Waals surface area contributed by atoms with Crippen molar-refractivity contribution in [1.82, 2.24) is 4.98 Å². The molecule has 6 rings (SSSR count). The van der Waals surface area contributed by atoms with Crippen LogP contribution in [-0.2, 0) is 16.0 Å². The molecule has 0 unspecified atom stereocenters. The average molecular weight is 599 g/mol. The summed E-state index contributed by atoms with van der Waals surface area (Å²) in [5.74, 6) is 0.431. The summed E-state index contributed by atoms with van der Waals surface area (Å²) in [6.07, 6.45) is 3.89. The first kappa shape index (κ1) is 28.7. The van der Waals surface area contributed by atoms with Gasteiger partial charge in [-0.2, -0.15) is 0 Å². The molecule has 3 aromatic carbocycles. The molecule has 9 heteroatoms. The normalized spacial score (nSPS) is 19.1. The lowest BCUT2D eigenvalue weighted by atomic mass is 9.94. The Labute approximate surface area is 254 Å². The van der Waals surface area contributed by atoms with Crippen LogP contribution in [0.15, 0.2) is 66.2 Å². The van der Waals surface area contributed by atoms with E-state index in [4.69, 9.17) is 19.2 Å². The first-order valence-corrected chi connectivity index (χ1v) is 15.6. The van der Waals surface area contributed by atoms with Crippen molar-refractivity contribution in [2.45, 2.75) is 58.6 Å². The minimum absolute atomic E-state index is 0.0165. The van der Waals surface area contributed by atoms with E-state index in [-0.39, 0.29) is 17.4 Å². The van der Waals surface area contributed by atoms with Gasteiger partial charge in [-0.15, -0.1) is 0 Å². The molecule has 0 aliphatic carbocycles. The number of carbonyl (C=O) groups excluding carboxylic acids is 2. The first-order valence-electron chi connectivity index (χ1n) is 14.7. The molecule has 8 nitrogen and oxygen atoms in total. The molecular formula is C34H34N2O6S. The van der Waals surface area contributed by atoms with E-state index in [0.29, 0.717) is 52.9 Å². The summed E-state index contributed by atoms with van der Waals surface area (Å²) in [7, 11) is 0. The molecule has 2 atom stereocenters. The van der Waals surface area contributed by atoms with Crippen LogP contribution in [0.4, 0.5) is 5.13 Å². The van der Waals surface area contributed by atoms with E-state index in [0.717, 1.165) is 35.3 Å². The molecule has 1 saturated heterocycles. The maximum atomic E-state index is 13.7. The van der Waals surface area contributed by atoms with E-state index in [1.807, 2.05) is 62.4 Å². The number of thiazole rings is 1. The van der Waals surface area contributed by atoms with Gasteiger partial charge in [0.15, 0.2) is 5.13 Å². The number of hydrogen-bond acceptors (Lipinski definition) is 8. The molecule has 0 radical (unpaired) electrons. The van der Waals surface area contributed by atoms with Gasteiger partial charge in [0.2, 0.25) is 0 Å². The Morgan fingerprint density at radius 1 is 1.02 bits per heavy atom. The predicted octanol–water partition coefficient (Wildman–Crippen LogP) is 7.21. The number of fused-ring (bicyclic) bond motifs is 2. The minimum Gasteiger partial charge on any atom is -0.507 e. The number of benzene rings is 3. The predicted molar refractivity (Wildman–Crippen MR) is 167 cm³/mol. The van der Waals surface area contributed by atoms with E-state index in [9.17, 15) is 14.7 Å². The summed E-state index contributed by atoms with van der Waals surface area (Å²) in [5.41, 5.74) is 2.77. The number of hydrogen-bond donors (Lipinski definition) is 1. The molecule has 4 aromatic rings. The van der Waals surface area contributed by atoms with Crippen LogP contribution in [-0.4, -0.2) is 41.1 Å². The van der Waals surface area contributed by atoms with Crippen LogP contribution in [0.5, 0.6) is 17.2 Å². The second-order valence-electron chi connectivity index (χ2n) is 10.8. The number of Topliss-reactive ketones (excluding diaryl/α,β-unsaturated/α-hetero) is 1. The van der Waals surface area contributed by atoms with Crippen LogP contribution >= 0.6 is 11.3 Å². The lowest BCUT2D eigenvalue weighted by molar-refractivity contribution is -0.132. The number of amides is 1. The molecule has 3 heterocycles. The first-order chi connectivity index (χ1) is 20.9. The second-order valence-corrected chi connectivity index (χ2v) is 11.8. The molecule has 0 bridgehead atoms. The lowest BCUT2D eigenvalue weighted by Gasteiger charge is -2.23. The van der Waals surface area contributed by atoms with Crippen molar-refractivity contribution < 1.29 is 28.9 Å². The van der Waals surface area contributed by atoms with E-state index in [1.165, 1.54) is 16.2 Å². The number of ether oxygens (including phenoxy) is 3. The van der Waals surface area contributed by atoms with Crippen molar-refractivity contribution in [1.29, 1.82) is 0 Å². The zero-order valence-electron chi connectivity index (χ0n) is 24.5. The summed E-state index contributed by atoms with van der Waals surface area (Å²) in [5, 5.41) is 12.0. The SMILES string of the molecule is CCCCCOc1ccc([C@H]2/C(=C(\O)c3ccc4c(c3)C[C@H](C)O4)C(=O)C(=O)N2c2nc3ccc(OCC)cc3s2)cc1.